The Morgan fingerprint density at radius 3 is 2.44 bits per heavy atom. The van der Waals surface area contributed by atoms with Crippen LogP contribution in [0, 0.1) is 19.8 Å². The Morgan fingerprint density at radius 1 is 1.19 bits per heavy atom. The highest BCUT2D eigenvalue weighted by atomic mass is 32.2. The number of nitrogens with one attached hydrogen (secondary N) is 1. The summed E-state index contributed by atoms with van der Waals surface area (Å²) in [5.41, 5.74) is 2.35. The van der Waals surface area contributed by atoms with E-state index >= 15 is 0 Å². The van der Waals surface area contributed by atoms with Crippen LogP contribution in [0.15, 0.2) is 52.4 Å². The van der Waals surface area contributed by atoms with Crippen molar-refractivity contribution in [2.45, 2.75) is 44.6 Å². The van der Waals surface area contributed by atoms with Gasteiger partial charge in [0.15, 0.2) is 5.76 Å². The van der Waals surface area contributed by atoms with E-state index in [2.05, 4.69) is 15.5 Å². The van der Waals surface area contributed by atoms with Crippen LogP contribution in [0.25, 0.3) is 5.69 Å². The molecule has 4 rings (SSSR count). The largest absolute Gasteiger partial charge is 0.360 e. The maximum Gasteiger partial charge on any atom is 0.248 e. The van der Waals surface area contributed by atoms with E-state index in [9.17, 15) is 13.2 Å². The van der Waals surface area contributed by atoms with Crippen molar-refractivity contribution in [2.75, 3.05) is 13.1 Å². The number of imidazole rings is 1. The number of hydrogen-bond donors (Lipinski definition) is 1. The van der Waals surface area contributed by atoms with Gasteiger partial charge in [-0.2, -0.15) is 4.31 Å². The third kappa shape index (κ3) is 4.33. The molecule has 0 saturated carbocycles. The second-order valence-corrected chi connectivity index (χ2v) is 10.00. The van der Waals surface area contributed by atoms with Gasteiger partial charge in [-0.05, 0) is 51.3 Å². The number of rotatable bonds is 6. The van der Waals surface area contributed by atoms with E-state index in [-0.39, 0.29) is 28.5 Å². The molecule has 32 heavy (non-hydrogen) atoms. The lowest BCUT2D eigenvalue weighted by molar-refractivity contribution is -0.126. The van der Waals surface area contributed by atoms with Crippen molar-refractivity contribution in [1.29, 1.82) is 0 Å². The molecule has 3 heterocycles. The van der Waals surface area contributed by atoms with Crippen molar-refractivity contribution < 1.29 is 17.7 Å². The molecular formula is C22H27N5O4S. The summed E-state index contributed by atoms with van der Waals surface area (Å²) >= 11 is 0. The van der Waals surface area contributed by atoms with Gasteiger partial charge in [0.1, 0.15) is 10.6 Å². The number of sulfonamides is 1. The molecule has 10 heteroatoms. The third-order valence-electron chi connectivity index (χ3n) is 5.94. The second-order valence-electron chi connectivity index (χ2n) is 8.12. The van der Waals surface area contributed by atoms with Gasteiger partial charge < -0.3 is 14.4 Å². The second kappa shape index (κ2) is 8.87. The molecule has 9 nitrogen and oxygen atoms in total. The summed E-state index contributed by atoms with van der Waals surface area (Å²) in [5.74, 6) is 0.0135. The molecule has 0 unspecified atom stereocenters. The summed E-state index contributed by atoms with van der Waals surface area (Å²) in [4.78, 5) is 17.0. The third-order valence-corrected chi connectivity index (χ3v) is 8.09. The minimum atomic E-state index is -3.68. The van der Waals surface area contributed by atoms with Crippen LogP contribution in [0.4, 0.5) is 0 Å². The van der Waals surface area contributed by atoms with Crippen LogP contribution in [0.3, 0.4) is 0 Å². The first kappa shape index (κ1) is 22.2. The lowest BCUT2D eigenvalue weighted by atomic mass is 9.96. The number of amides is 1. The Morgan fingerprint density at radius 2 is 1.88 bits per heavy atom. The normalized spacial score (nSPS) is 16.7. The summed E-state index contributed by atoms with van der Waals surface area (Å²) in [6.45, 7) is 5.74. The molecular weight excluding hydrogens is 430 g/mol. The van der Waals surface area contributed by atoms with Gasteiger partial charge in [0.25, 0.3) is 0 Å². The van der Waals surface area contributed by atoms with Gasteiger partial charge in [-0.1, -0.05) is 17.3 Å². The fourth-order valence-corrected chi connectivity index (χ4v) is 5.85. The molecule has 0 radical (unpaired) electrons. The van der Waals surface area contributed by atoms with Gasteiger partial charge in [-0.15, -0.1) is 0 Å². The van der Waals surface area contributed by atoms with Crippen molar-refractivity contribution in [3.8, 4) is 5.69 Å². The highest BCUT2D eigenvalue weighted by Gasteiger charge is 2.35. The van der Waals surface area contributed by atoms with Crippen molar-refractivity contribution in [3.05, 3.63) is 60.0 Å². The van der Waals surface area contributed by atoms with E-state index < -0.39 is 10.0 Å². The van der Waals surface area contributed by atoms with E-state index in [1.807, 2.05) is 42.0 Å². The number of nitrogens with zero attached hydrogens (tertiary/aromatic N) is 4. The molecule has 1 fully saturated rings. The van der Waals surface area contributed by atoms with E-state index in [4.69, 9.17) is 4.52 Å². The minimum absolute atomic E-state index is 0.0504. The number of carbonyl (C=O) groups excluding carboxylic acids is 1. The molecule has 1 aliphatic rings. The molecule has 1 aliphatic heterocycles. The minimum Gasteiger partial charge on any atom is -0.360 e. The molecule has 0 spiro atoms. The standard InChI is InChI=1S/C22H27N5O4S/c1-15(18-4-6-20(7-5-18)26-13-10-23-14-26)24-22(28)19-8-11-27(12-9-19)32(29,30)21-16(2)25-31-17(21)3/h4-7,10,13-15,19H,8-9,11-12H2,1-3H3,(H,24,28)/t15-/m1/s1. The zero-order valence-corrected chi connectivity index (χ0v) is 19.2. The van der Waals surface area contributed by atoms with Crippen LogP contribution < -0.4 is 5.32 Å². The number of carbonyl (C=O) groups is 1. The number of hydrogen-bond acceptors (Lipinski definition) is 6. The Balaban J connectivity index is 1.34. The predicted molar refractivity (Wildman–Crippen MR) is 118 cm³/mol. The Labute approximate surface area is 187 Å². The quantitative estimate of drug-likeness (QED) is 0.609. The zero-order chi connectivity index (χ0) is 22.9. The molecule has 1 amide bonds. The van der Waals surface area contributed by atoms with Crippen molar-refractivity contribution in [2.24, 2.45) is 5.92 Å². The summed E-state index contributed by atoms with van der Waals surface area (Å²) in [7, 11) is -3.68. The van der Waals surface area contributed by atoms with Crippen LogP contribution >= 0.6 is 0 Å². The number of aromatic nitrogens is 3. The Bertz CT molecular complexity index is 1160. The van der Waals surface area contributed by atoms with Gasteiger partial charge in [-0.3, -0.25) is 4.79 Å². The fraction of sp³-hybridized carbons (Fsp3) is 0.409. The van der Waals surface area contributed by atoms with Crippen LogP contribution in [-0.4, -0.2) is 46.4 Å². The van der Waals surface area contributed by atoms with Crippen molar-refractivity contribution in [3.63, 3.8) is 0 Å². The highest BCUT2D eigenvalue weighted by Crippen LogP contribution is 2.28. The first-order valence-corrected chi connectivity index (χ1v) is 12.0. The average molecular weight is 458 g/mol. The van der Waals surface area contributed by atoms with Crippen molar-refractivity contribution in [1.82, 2.24) is 24.3 Å². The summed E-state index contributed by atoms with van der Waals surface area (Å²) in [5, 5.41) is 6.82. The Kier molecular flexibility index (Phi) is 6.16. The Hall–Kier alpha value is -2.98. The lowest BCUT2D eigenvalue weighted by Gasteiger charge is -2.31. The van der Waals surface area contributed by atoms with Crippen LogP contribution in [0.2, 0.25) is 0 Å². The molecule has 1 N–H and O–H groups in total. The van der Waals surface area contributed by atoms with Crippen molar-refractivity contribution >= 4 is 15.9 Å². The molecule has 0 aliphatic carbocycles. The lowest BCUT2D eigenvalue weighted by Crippen LogP contribution is -2.43. The van der Waals surface area contributed by atoms with Crippen LogP contribution in [0.1, 0.15) is 42.8 Å². The maximum atomic E-state index is 13.0. The summed E-state index contributed by atoms with van der Waals surface area (Å²) in [6.07, 6.45) is 6.28. The van der Waals surface area contributed by atoms with Crippen LogP contribution in [-0.2, 0) is 14.8 Å². The summed E-state index contributed by atoms with van der Waals surface area (Å²) in [6, 6.07) is 7.79. The molecule has 1 atom stereocenters. The van der Waals surface area contributed by atoms with E-state index in [1.54, 1.807) is 26.4 Å². The first-order chi connectivity index (χ1) is 15.3. The molecule has 170 valence electrons. The average Bonchev–Trinajstić information content (AvgIpc) is 3.44. The van der Waals surface area contributed by atoms with E-state index in [0.29, 0.717) is 31.6 Å². The monoisotopic (exact) mass is 457 g/mol. The predicted octanol–water partition coefficient (Wildman–Crippen LogP) is 2.76. The van der Waals surface area contributed by atoms with Gasteiger partial charge in [0, 0.05) is 37.1 Å². The molecule has 1 aromatic carbocycles. The number of benzene rings is 1. The fourth-order valence-electron chi connectivity index (χ4n) is 4.09. The smallest absolute Gasteiger partial charge is 0.248 e. The number of aryl methyl sites for hydroxylation is 2. The van der Waals surface area contributed by atoms with E-state index in [0.717, 1.165) is 11.3 Å². The van der Waals surface area contributed by atoms with Gasteiger partial charge in [-0.25, -0.2) is 13.4 Å². The number of piperidine rings is 1. The molecule has 0 bridgehead atoms. The summed E-state index contributed by atoms with van der Waals surface area (Å²) < 4.78 is 34.3. The SMILES string of the molecule is Cc1noc(C)c1S(=O)(=O)N1CCC(C(=O)N[C@H](C)c2ccc(-n3ccnc3)cc2)CC1. The van der Waals surface area contributed by atoms with Gasteiger partial charge in [0.05, 0.1) is 12.4 Å². The molecule has 1 saturated heterocycles. The van der Waals surface area contributed by atoms with Gasteiger partial charge >= 0.3 is 0 Å². The zero-order valence-electron chi connectivity index (χ0n) is 18.4. The highest BCUT2D eigenvalue weighted by molar-refractivity contribution is 7.89. The topological polar surface area (TPSA) is 110 Å². The van der Waals surface area contributed by atoms with E-state index in [1.165, 1.54) is 4.31 Å². The molecule has 2 aromatic heterocycles. The molecule has 3 aromatic rings. The maximum absolute atomic E-state index is 13.0. The first-order valence-electron chi connectivity index (χ1n) is 10.6. The van der Waals surface area contributed by atoms with Gasteiger partial charge in [0.2, 0.25) is 15.9 Å². The van der Waals surface area contributed by atoms with Crippen LogP contribution in [0.5, 0.6) is 0 Å².